The van der Waals surface area contributed by atoms with Crippen molar-refractivity contribution in [3.05, 3.63) is 21.9 Å². The Labute approximate surface area is 62.7 Å². The summed E-state index contributed by atoms with van der Waals surface area (Å²) in [6.07, 6.45) is 1.17. The normalized spacial score (nSPS) is 11.3. The molecule has 0 rings (SSSR count). The molecule has 0 aliphatic heterocycles. The molecule has 6 heteroatoms. The predicted octanol–water partition coefficient (Wildman–Crippen LogP) is 0.676. The number of allylic oxidation sites excluding steroid dienone is 1. The first-order valence-corrected chi connectivity index (χ1v) is 2.78. The van der Waals surface area contributed by atoms with Gasteiger partial charge in [-0.25, -0.2) is 4.89 Å². The molecule has 0 unspecified atom stereocenters. The van der Waals surface area contributed by atoms with E-state index >= 15 is 0 Å². The van der Waals surface area contributed by atoms with Crippen molar-refractivity contribution in [2.24, 2.45) is 0 Å². The molecular weight excluding hydrogens is 152 g/mol. The maximum atomic E-state index is 10.1. The van der Waals surface area contributed by atoms with E-state index in [1.807, 2.05) is 0 Å². The van der Waals surface area contributed by atoms with Gasteiger partial charge in [-0.3, -0.25) is 20.8 Å². The average Bonchev–Trinajstić information content (AvgIpc) is 1.88. The second-order valence-corrected chi connectivity index (χ2v) is 1.68. The molecule has 6 nitrogen and oxygen atoms in total. The molecular formula is C5H8N2O4. The summed E-state index contributed by atoms with van der Waals surface area (Å²) in [7, 11) is 0. The predicted molar refractivity (Wildman–Crippen MR) is 37.1 cm³/mol. The Morgan fingerprint density at radius 3 is 2.73 bits per heavy atom. The number of hydrogen-bond acceptors (Lipinski definition) is 5. The van der Waals surface area contributed by atoms with Gasteiger partial charge < -0.3 is 0 Å². The molecule has 0 aromatic carbocycles. The Balaban J connectivity index is 4.29. The molecule has 0 spiro atoms. The Bertz CT molecular complexity index is 199. The Kier molecular flexibility index (Phi) is 4.01. The summed E-state index contributed by atoms with van der Waals surface area (Å²) in [5, 5.41) is 25.0. The quantitative estimate of drug-likeness (QED) is 0.273. The first kappa shape index (κ1) is 9.73. The van der Waals surface area contributed by atoms with Gasteiger partial charge in [-0.05, 0) is 13.0 Å². The van der Waals surface area contributed by atoms with E-state index in [1.54, 1.807) is 0 Å². The largest absolute Gasteiger partial charge is 0.296 e. The molecule has 0 atom stereocenters. The molecule has 0 fully saturated rings. The smallest absolute Gasteiger partial charge is 0.288 e. The van der Waals surface area contributed by atoms with Crippen LogP contribution in [0.25, 0.3) is 0 Å². The number of hydrogen-bond donors (Lipinski definition) is 2. The Morgan fingerprint density at radius 2 is 2.45 bits per heavy atom. The van der Waals surface area contributed by atoms with Crippen molar-refractivity contribution in [3.63, 3.8) is 0 Å². The zero-order valence-corrected chi connectivity index (χ0v) is 5.90. The van der Waals surface area contributed by atoms with Crippen LogP contribution >= 0.6 is 0 Å². The van der Waals surface area contributed by atoms with E-state index < -0.39 is 11.5 Å². The fourth-order valence-electron chi connectivity index (χ4n) is 0.528. The summed E-state index contributed by atoms with van der Waals surface area (Å²) in [6.45, 7) is 0.963. The average molecular weight is 160 g/mol. The molecule has 0 radical (unpaired) electrons. The maximum Gasteiger partial charge on any atom is 0.288 e. The monoisotopic (exact) mass is 160 g/mol. The highest BCUT2D eigenvalue weighted by atomic mass is 17.1. The fourth-order valence-corrected chi connectivity index (χ4v) is 0.528. The van der Waals surface area contributed by atoms with Crippen LogP contribution in [0.4, 0.5) is 0 Å². The van der Waals surface area contributed by atoms with E-state index in [1.165, 1.54) is 13.0 Å². The molecule has 0 aliphatic rings. The summed E-state index contributed by atoms with van der Waals surface area (Å²) in [5.74, 6) is 0. The third-order valence-electron chi connectivity index (χ3n) is 0.988. The summed E-state index contributed by atoms with van der Waals surface area (Å²) in [6, 6.07) is 0. The van der Waals surface area contributed by atoms with Gasteiger partial charge in [-0.2, -0.15) is 0 Å². The van der Waals surface area contributed by atoms with Crippen LogP contribution in [0.2, 0.25) is 0 Å². The van der Waals surface area contributed by atoms with E-state index in [0.29, 0.717) is 0 Å². The Morgan fingerprint density at radius 1 is 1.91 bits per heavy atom. The van der Waals surface area contributed by atoms with Crippen LogP contribution in [0, 0.1) is 15.5 Å². The molecule has 2 N–H and O–H groups in total. The van der Waals surface area contributed by atoms with Gasteiger partial charge in [0.05, 0.1) is 4.92 Å². The molecule has 0 bridgehead atoms. The molecule has 0 saturated carbocycles. The number of nitrogens with one attached hydrogen (secondary N) is 1. The van der Waals surface area contributed by atoms with E-state index in [2.05, 4.69) is 4.89 Å². The molecule has 0 amide bonds. The lowest BCUT2D eigenvalue weighted by Crippen LogP contribution is -2.15. The molecule has 62 valence electrons. The second kappa shape index (κ2) is 4.53. The van der Waals surface area contributed by atoms with Crippen LogP contribution in [0.1, 0.15) is 6.92 Å². The van der Waals surface area contributed by atoms with Crippen molar-refractivity contribution in [1.29, 1.82) is 5.41 Å². The molecule has 0 saturated heterocycles. The van der Waals surface area contributed by atoms with Gasteiger partial charge in [0.25, 0.3) is 5.70 Å². The van der Waals surface area contributed by atoms with Crippen molar-refractivity contribution in [3.8, 4) is 0 Å². The van der Waals surface area contributed by atoms with E-state index in [4.69, 9.17) is 10.7 Å². The van der Waals surface area contributed by atoms with Gasteiger partial charge in [-0.15, -0.1) is 0 Å². The Hall–Kier alpha value is -1.27. The summed E-state index contributed by atoms with van der Waals surface area (Å²) >= 11 is 0. The maximum absolute atomic E-state index is 10.1. The van der Waals surface area contributed by atoms with Crippen LogP contribution in [0.5, 0.6) is 0 Å². The van der Waals surface area contributed by atoms with Crippen molar-refractivity contribution in [2.45, 2.75) is 6.92 Å². The van der Waals surface area contributed by atoms with E-state index in [0.717, 1.165) is 0 Å². The van der Waals surface area contributed by atoms with Crippen LogP contribution in [-0.4, -0.2) is 22.5 Å². The first-order valence-electron chi connectivity index (χ1n) is 2.78. The van der Waals surface area contributed by atoms with Gasteiger partial charge in [0.1, 0.15) is 12.3 Å². The molecule has 0 aromatic rings. The summed E-state index contributed by atoms with van der Waals surface area (Å²) < 4.78 is 0. The highest BCUT2D eigenvalue weighted by Gasteiger charge is 2.15. The van der Waals surface area contributed by atoms with Crippen LogP contribution < -0.4 is 0 Å². The molecule has 0 aromatic heterocycles. The zero-order valence-electron chi connectivity index (χ0n) is 5.90. The third-order valence-corrected chi connectivity index (χ3v) is 0.988. The SMILES string of the molecule is C/C=C(\C(=N)COO)[N+](=O)[O-]. The summed E-state index contributed by atoms with van der Waals surface area (Å²) in [4.78, 5) is 13.0. The van der Waals surface area contributed by atoms with Crippen molar-refractivity contribution >= 4 is 5.71 Å². The standard InChI is InChI=1S/C5H8N2O4/c1-2-5(7(8)9)4(6)3-11-10/h2,6,10H,3H2,1H3/b5-2+,6-4?. The minimum Gasteiger partial charge on any atom is -0.296 e. The lowest BCUT2D eigenvalue weighted by Gasteiger charge is -1.96. The highest BCUT2D eigenvalue weighted by molar-refractivity contribution is 5.96. The second-order valence-electron chi connectivity index (χ2n) is 1.68. The topological polar surface area (TPSA) is 96.5 Å². The number of nitrogens with zero attached hydrogens (tertiary/aromatic N) is 1. The van der Waals surface area contributed by atoms with Crippen LogP contribution in [0.3, 0.4) is 0 Å². The van der Waals surface area contributed by atoms with E-state index in [-0.39, 0.29) is 11.4 Å². The zero-order chi connectivity index (χ0) is 8.85. The molecule has 11 heavy (non-hydrogen) atoms. The number of rotatable bonds is 4. The minimum atomic E-state index is -0.707. The minimum absolute atomic E-state index is 0.361. The van der Waals surface area contributed by atoms with Gasteiger partial charge >= 0.3 is 0 Å². The lowest BCUT2D eigenvalue weighted by molar-refractivity contribution is -0.416. The fraction of sp³-hybridized carbons (Fsp3) is 0.400. The summed E-state index contributed by atoms with van der Waals surface area (Å²) in [5.41, 5.74) is -0.723. The van der Waals surface area contributed by atoms with Crippen LogP contribution in [-0.2, 0) is 4.89 Å². The van der Waals surface area contributed by atoms with Gasteiger partial charge in [0.2, 0.25) is 0 Å². The van der Waals surface area contributed by atoms with Crippen LogP contribution in [0.15, 0.2) is 11.8 Å². The lowest BCUT2D eigenvalue weighted by atomic mass is 10.3. The number of nitro groups is 1. The van der Waals surface area contributed by atoms with Crippen molar-refractivity contribution in [1.82, 2.24) is 0 Å². The van der Waals surface area contributed by atoms with Gasteiger partial charge in [0, 0.05) is 0 Å². The van der Waals surface area contributed by atoms with E-state index in [9.17, 15) is 10.1 Å². The van der Waals surface area contributed by atoms with Crippen molar-refractivity contribution < 1.29 is 15.1 Å². The van der Waals surface area contributed by atoms with Crippen molar-refractivity contribution in [2.75, 3.05) is 6.61 Å². The third kappa shape index (κ3) is 2.87. The molecule has 0 aliphatic carbocycles. The molecule has 0 heterocycles. The highest BCUT2D eigenvalue weighted by Crippen LogP contribution is 1.97. The van der Waals surface area contributed by atoms with Gasteiger partial charge in [0.15, 0.2) is 0 Å². The first-order chi connectivity index (χ1) is 5.13. The van der Waals surface area contributed by atoms with Gasteiger partial charge in [-0.1, -0.05) is 0 Å².